The lowest BCUT2D eigenvalue weighted by molar-refractivity contribution is -0.228. The smallest absolute Gasteiger partial charge is 0.481 e. The number of aromatic nitrogens is 1. The second-order valence-electron chi connectivity index (χ2n) is 7.86. The van der Waals surface area contributed by atoms with Crippen LogP contribution in [-0.2, 0) is 19.9 Å². The number of nitrogens with zero attached hydrogens (tertiary/aromatic N) is 2. The minimum Gasteiger partial charge on any atom is -0.481 e. The summed E-state index contributed by atoms with van der Waals surface area (Å²) < 4.78 is 48.5. The van der Waals surface area contributed by atoms with Crippen LogP contribution in [0.25, 0.3) is 11.1 Å². The van der Waals surface area contributed by atoms with Gasteiger partial charge in [-0.05, 0) is 28.8 Å². The van der Waals surface area contributed by atoms with E-state index in [2.05, 4.69) is 15.0 Å². The van der Waals surface area contributed by atoms with E-state index in [1.807, 2.05) is 0 Å². The summed E-state index contributed by atoms with van der Waals surface area (Å²) in [7, 11) is 2.64. The van der Waals surface area contributed by atoms with Gasteiger partial charge in [0.25, 0.3) is 5.91 Å². The van der Waals surface area contributed by atoms with Crippen molar-refractivity contribution in [2.75, 3.05) is 14.2 Å². The Hall–Kier alpha value is -3.96. The van der Waals surface area contributed by atoms with E-state index >= 15 is 0 Å². The average molecular weight is 486 g/mol. The molecule has 1 saturated heterocycles. The van der Waals surface area contributed by atoms with Gasteiger partial charge in [0, 0.05) is 24.9 Å². The first kappa shape index (κ1) is 24.2. The predicted molar refractivity (Wildman–Crippen MR) is 118 cm³/mol. The van der Waals surface area contributed by atoms with E-state index in [1.54, 1.807) is 72.9 Å². The quantitative estimate of drug-likeness (QED) is 0.422. The molecule has 1 aliphatic heterocycles. The largest absolute Gasteiger partial charge is 0.491 e. The zero-order chi connectivity index (χ0) is 25.4. The number of benzene rings is 2. The number of pyridine rings is 1. The van der Waals surface area contributed by atoms with Crippen molar-refractivity contribution in [3.8, 4) is 17.0 Å². The second-order valence-corrected chi connectivity index (χ2v) is 7.86. The molecule has 2 atom stereocenters. The van der Waals surface area contributed by atoms with Crippen LogP contribution < -0.4 is 15.8 Å². The van der Waals surface area contributed by atoms with Gasteiger partial charge in [-0.2, -0.15) is 13.2 Å². The van der Waals surface area contributed by atoms with Gasteiger partial charge in [-0.15, -0.1) is 0 Å². The zero-order valence-electron chi connectivity index (χ0n) is 18.7. The lowest BCUT2D eigenvalue weighted by Gasteiger charge is -2.32. The third-order valence-electron chi connectivity index (χ3n) is 5.75. The molecule has 8 nitrogen and oxygen atoms in total. The van der Waals surface area contributed by atoms with Gasteiger partial charge in [-0.25, -0.2) is 15.1 Å². The first-order valence-corrected chi connectivity index (χ1v) is 10.3. The third-order valence-corrected chi connectivity index (χ3v) is 5.75. The first-order chi connectivity index (χ1) is 16.5. The van der Waals surface area contributed by atoms with Crippen molar-refractivity contribution in [3.05, 3.63) is 84.1 Å². The molecule has 3 N–H and O–H groups in total. The van der Waals surface area contributed by atoms with Crippen molar-refractivity contribution in [1.82, 2.24) is 15.2 Å². The van der Waals surface area contributed by atoms with Crippen LogP contribution in [0.4, 0.5) is 13.2 Å². The number of esters is 1. The van der Waals surface area contributed by atoms with Gasteiger partial charge in [0.05, 0.1) is 7.11 Å². The number of ether oxygens (including phenoxy) is 2. The van der Waals surface area contributed by atoms with Gasteiger partial charge in [0.15, 0.2) is 5.54 Å². The molecule has 2 heterocycles. The van der Waals surface area contributed by atoms with E-state index in [9.17, 15) is 22.8 Å². The molecule has 182 valence electrons. The summed E-state index contributed by atoms with van der Waals surface area (Å²) in [5, 5.41) is 2.69. The number of nitrogens with two attached hydrogens (primary N) is 1. The minimum absolute atomic E-state index is 0.365. The number of rotatable bonds is 5. The van der Waals surface area contributed by atoms with Gasteiger partial charge in [0.1, 0.15) is 0 Å². The van der Waals surface area contributed by atoms with Crippen LogP contribution in [0.5, 0.6) is 5.88 Å². The number of carbonyl (C=O) groups excluding carboxylic acids is 2. The highest BCUT2D eigenvalue weighted by Crippen LogP contribution is 2.41. The number of carbonyl (C=O) groups is 2. The monoisotopic (exact) mass is 486 g/mol. The predicted octanol–water partition coefficient (Wildman–Crippen LogP) is 2.74. The SMILES string of the molecule is COc1ccc(-c2cccc(C3(c4ccccc4)NC(N)(OC(=O)C(F)(F)F)N(C)C3=O)c2)cn1. The Morgan fingerprint density at radius 2 is 1.71 bits per heavy atom. The Balaban J connectivity index is 1.85. The second kappa shape index (κ2) is 8.67. The Kier molecular flexibility index (Phi) is 5.99. The lowest BCUT2D eigenvalue weighted by Crippen LogP contribution is -2.64. The molecule has 0 radical (unpaired) electrons. The topological polar surface area (TPSA) is 107 Å². The number of nitrogens with one attached hydrogen (secondary N) is 1. The fourth-order valence-electron chi connectivity index (χ4n) is 3.95. The van der Waals surface area contributed by atoms with E-state index in [1.165, 1.54) is 7.11 Å². The number of methoxy groups -OCH3 is 1. The summed E-state index contributed by atoms with van der Waals surface area (Å²) in [5.41, 5.74) is 6.42. The Morgan fingerprint density at radius 3 is 2.31 bits per heavy atom. The van der Waals surface area contributed by atoms with Crippen molar-refractivity contribution in [1.29, 1.82) is 0 Å². The Morgan fingerprint density at radius 1 is 1.03 bits per heavy atom. The van der Waals surface area contributed by atoms with Gasteiger partial charge in [-0.3, -0.25) is 15.4 Å². The molecule has 35 heavy (non-hydrogen) atoms. The van der Waals surface area contributed by atoms with Gasteiger partial charge in [-0.1, -0.05) is 48.5 Å². The number of hydrogen-bond donors (Lipinski definition) is 2. The molecular weight excluding hydrogens is 465 g/mol. The molecule has 4 rings (SSSR count). The molecule has 2 aromatic carbocycles. The molecule has 1 fully saturated rings. The summed E-state index contributed by atoms with van der Waals surface area (Å²) >= 11 is 0. The maximum absolute atomic E-state index is 13.7. The van der Waals surface area contributed by atoms with Crippen LogP contribution >= 0.6 is 0 Å². The number of hydrogen-bond acceptors (Lipinski definition) is 7. The van der Waals surface area contributed by atoms with Crippen molar-refractivity contribution in [2.24, 2.45) is 5.73 Å². The highest BCUT2D eigenvalue weighted by atomic mass is 19.4. The summed E-state index contributed by atoms with van der Waals surface area (Å²) in [4.78, 5) is 30.2. The molecule has 0 saturated carbocycles. The molecule has 0 aliphatic carbocycles. The highest BCUT2D eigenvalue weighted by molar-refractivity contribution is 5.95. The van der Waals surface area contributed by atoms with Crippen LogP contribution in [0.1, 0.15) is 11.1 Å². The summed E-state index contributed by atoms with van der Waals surface area (Å²) in [6.45, 7) is 0. The van der Waals surface area contributed by atoms with Gasteiger partial charge < -0.3 is 9.47 Å². The lowest BCUT2D eigenvalue weighted by atomic mass is 9.81. The number of amides is 1. The van der Waals surface area contributed by atoms with Crippen LogP contribution in [0.2, 0.25) is 0 Å². The molecule has 1 amide bonds. The normalized spacial score (nSPS) is 22.2. The van der Waals surface area contributed by atoms with E-state index < -0.39 is 29.6 Å². The van der Waals surface area contributed by atoms with E-state index in [-0.39, 0.29) is 0 Å². The van der Waals surface area contributed by atoms with Gasteiger partial charge in [0.2, 0.25) is 5.88 Å². The first-order valence-electron chi connectivity index (χ1n) is 10.3. The maximum atomic E-state index is 13.7. The molecule has 0 bridgehead atoms. The van der Waals surface area contributed by atoms with Crippen LogP contribution in [-0.4, -0.2) is 48.1 Å². The minimum atomic E-state index is -5.31. The van der Waals surface area contributed by atoms with Crippen molar-refractivity contribution < 1.29 is 32.2 Å². The van der Waals surface area contributed by atoms with Gasteiger partial charge >= 0.3 is 18.1 Å². The molecule has 2 unspecified atom stereocenters. The van der Waals surface area contributed by atoms with Crippen molar-refractivity contribution in [3.63, 3.8) is 0 Å². The molecule has 11 heteroatoms. The molecule has 1 aliphatic rings. The zero-order valence-corrected chi connectivity index (χ0v) is 18.7. The third kappa shape index (κ3) is 4.19. The van der Waals surface area contributed by atoms with E-state index in [4.69, 9.17) is 10.5 Å². The maximum Gasteiger partial charge on any atom is 0.491 e. The highest BCUT2D eigenvalue weighted by Gasteiger charge is 2.62. The van der Waals surface area contributed by atoms with E-state index in [0.717, 1.165) is 11.9 Å². The Bertz CT molecular complexity index is 1250. The average Bonchev–Trinajstić information content (AvgIpc) is 3.06. The summed E-state index contributed by atoms with van der Waals surface area (Å²) in [5.74, 6) is -5.41. The van der Waals surface area contributed by atoms with E-state index in [0.29, 0.717) is 28.1 Å². The van der Waals surface area contributed by atoms with Crippen molar-refractivity contribution in [2.45, 2.75) is 17.7 Å². The fourth-order valence-corrected chi connectivity index (χ4v) is 3.95. The standard InChI is InChI=1S/C24H21F3N4O4/c1-31-20(32)22(17-8-4-3-5-9-17,30-24(31,28)35-21(33)23(25,26)27)18-10-6-7-15(13-18)16-11-12-19(34-2)29-14-16/h3-14,30H,28H2,1-2H3. The Labute approximate surface area is 198 Å². The fraction of sp³-hybridized carbons (Fsp3) is 0.208. The van der Waals surface area contributed by atoms with Crippen LogP contribution in [0.3, 0.4) is 0 Å². The summed E-state index contributed by atoms with van der Waals surface area (Å²) in [6, 6.07) is 18.5. The molecular formula is C24H21F3N4O4. The summed E-state index contributed by atoms with van der Waals surface area (Å²) in [6.07, 6.45) is -3.72. The molecule has 0 spiro atoms. The number of halogens is 3. The van der Waals surface area contributed by atoms with Crippen LogP contribution in [0, 0.1) is 0 Å². The molecule has 3 aromatic rings. The number of alkyl halides is 3. The van der Waals surface area contributed by atoms with Crippen molar-refractivity contribution >= 4 is 11.9 Å². The van der Waals surface area contributed by atoms with Crippen LogP contribution in [0.15, 0.2) is 72.9 Å². The number of likely N-dealkylation sites (N-methyl/N-ethyl adjacent to an activating group) is 1. The molecule has 1 aromatic heterocycles.